The Morgan fingerprint density at radius 2 is 1.90 bits per heavy atom. The number of nitrogens with zero attached hydrogens (tertiary/aromatic N) is 4. The number of nitrogens with one attached hydrogen (secondary N) is 1. The highest BCUT2D eigenvalue weighted by molar-refractivity contribution is 5.44. The van der Waals surface area contributed by atoms with Crippen LogP contribution >= 0.6 is 0 Å². The van der Waals surface area contributed by atoms with Crippen LogP contribution in [0.2, 0.25) is 0 Å². The van der Waals surface area contributed by atoms with Gasteiger partial charge in [0, 0.05) is 30.8 Å². The quantitative estimate of drug-likeness (QED) is 0.798. The van der Waals surface area contributed by atoms with E-state index in [2.05, 4.69) is 26.3 Å². The summed E-state index contributed by atoms with van der Waals surface area (Å²) in [5.74, 6) is 1.79. The second-order valence-corrected chi connectivity index (χ2v) is 4.91. The van der Waals surface area contributed by atoms with E-state index in [1.807, 2.05) is 55.2 Å². The fourth-order valence-electron chi connectivity index (χ4n) is 2.06. The van der Waals surface area contributed by atoms with E-state index >= 15 is 0 Å². The van der Waals surface area contributed by atoms with Crippen LogP contribution in [-0.2, 0) is 6.54 Å². The van der Waals surface area contributed by atoms with E-state index in [-0.39, 0.29) is 0 Å². The van der Waals surface area contributed by atoms with Crippen LogP contribution in [-0.4, -0.2) is 19.5 Å². The average Bonchev–Trinajstić information content (AvgIpc) is 2.93. The van der Waals surface area contributed by atoms with Crippen LogP contribution in [0.3, 0.4) is 0 Å². The van der Waals surface area contributed by atoms with Crippen molar-refractivity contribution in [2.75, 3.05) is 5.32 Å². The van der Waals surface area contributed by atoms with Crippen molar-refractivity contribution in [3.8, 4) is 5.82 Å². The highest BCUT2D eigenvalue weighted by Gasteiger charge is 2.02. The molecule has 0 amide bonds. The summed E-state index contributed by atoms with van der Waals surface area (Å²) >= 11 is 0. The van der Waals surface area contributed by atoms with E-state index in [0.717, 1.165) is 35.1 Å². The molecule has 0 saturated heterocycles. The minimum absolute atomic E-state index is 0.735. The van der Waals surface area contributed by atoms with Crippen molar-refractivity contribution in [2.45, 2.75) is 20.4 Å². The predicted molar refractivity (Wildman–Crippen MR) is 82.4 cm³/mol. The van der Waals surface area contributed by atoms with Gasteiger partial charge in [-0.25, -0.2) is 9.97 Å². The van der Waals surface area contributed by atoms with E-state index < -0.39 is 0 Å². The van der Waals surface area contributed by atoms with Crippen molar-refractivity contribution in [1.29, 1.82) is 0 Å². The van der Waals surface area contributed by atoms with Gasteiger partial charge in [0.2, 0.25) is 0 Å². The molecule has 3 aromatic rings. The second kappa shape index (κ2) is 5.75. The molecule has 0 aromatic carbocycles. The monoisotopic (exact) mass is 279 g/mol. The van der Waals surface area contributed by atoms with E-state index in [4.69, 9.17) is 0 Å². The summed E-state index contributed by atoms with van der Waals surface area (Å²) < 4.78 is 1.95. The van der Waals surface area contributed by atoms with Crippen molar-refractivity contribution >= 4 is 5.69 Å². The Morgan fingerprint density at radius 3 is 2.52 bits per heavy atom. The molecule has 0 aliphatic rings. The highest BCUT2D eigenvalue weighted by atomic mass is 15.1. The Hall–Kier alpha value is -2.69. The predicted octanol–water partition coefficient (Wildman–Crippen LogP) is 2.89. The Bertz CT molecular complexity index is 713. The minimum Gasteiger partial charge on any atom is -0.380 e. The van der Waals surface area contributed by atoms with Crippen LogP contribution in [0.15, 0.2) is 49.1 Å². The molecule has 106 valence electrons. The molecule has 0 aliphatic carbocycles. The Kier molecular flexibility index (Phi) is 3.64. The summed E-state index contributed by atoms with van der Waals surface area (Å²) in [5, 5.41) is 3.34. The molecule has 21 heavy (non-hydrogen) atoms. The maximum absolute atomic E-state index is 4.45. The SMILES string of the molecule is Cc1ccc(CNc2ccc(-n3ccnc3C)nc2)cn1. The highest BCUT2D eigenvalue weighted by Crippen LogP contribution is 2.12. The summed E-state index contributed by atoms with van der Waals surface area (Å²) in [6.07, 6.45) is 7.39. The molecule has 3 aromatic heterocycles. The lowest BCUT2D eigenvalue weighted by Crippen LogP contribution is -2.02. The number of anilines is 1. The molecule has 0 unspecified atom stereocenters. The summed E-state index contributed by atoms with van der Waals surface area (Å²) in [4.78, 5) is 12.9. The molecule has 0 aliphatic heterocycles. The van der Waals surface area contributed by atoms with Gasteiger partial charge in [-0.3, -0.25) is 9.55 Å². The molecule has 0 fully saturated rings. The van der Waals surface area contributed by atoms with Gasteiger partial charge in [0.25, 0.3) is 0 Å². The number of aromatic nitrogens is 4. The summed E-state index contributed by atoms with van der Waals surface area (Å²) in [6.45, 7) is 4.68. The second-order valence-electron chi connectivity index (χ2n) is 4.91. The number of imidazole rings is 1. The molecule has 0 saturated carbocycles. The number of rotatable bonds is 4. The summed E-state index contributed by atoms with van der Waals surface area (Å²) in [5.41, 5.74) is 3.16. The molecule has 0 bridgehead atoms. The molecular weight excluding hydrogens is 262 g/mol. The van der Waals surface area contributed by atoms with Crippen LogP contribution in [0.5, 0.6) is 0 Å². The number of pyridine rings is 2. The normalized spacial score (nSPS) is 10.6. The van der Waals surface area contributed by atoms with Crippen LogP contribution in [0.25, 0.3) is 5.82 Å². The fourth-order valence-corrected chi connectivity index (χ4v) is 2.06. The summed E-state index contributed by atoms with van der Waals surface area (Å²) in [7, 11) is 0. The topological polar surface area (TPSA) is 55.6 Å². The molecule has 3 heterocycles. The van der Waals surface area contributed by atoms with E-state index in [0.29, 0.717) is 0 Å². The van der Waals surface area contributed by atoms with Gasteiger partial charge in [-0.05, 0) is 37.6 Å². The van der Waals surface area contributed by atoms with Gasteiger partial charge >= 0.3 is 0 Å². The van der Waals surface area contributed by atoms with Crippen molar-refractivity contribution in [3.05, 3.63) is 66.1 Å². The Balaban J connectivity index is 1.67. The minimum atomic E-state index is 0.735. The van der Waals surface area contributed by atoms with Gasteiger partial charge in [0.15, 0.2) is 0 Å². The van der Waals surface area contributed by atoms with Gasteiger partial charge < -0.3 is 5.32 Å². The maximum atomic E-state index is 4.45. The first kappa shape index (κ1) is 13.3. The standard InChI is InChI=1S/C16H17N5/c1-12-3-4-14(9-18-12)10-19-15-5-6-16(20-11-15)21-8-7-17-13(21)2/h3-9,11,19H,10H2,1-2H3. The molecule has 1 N–H and O–H groups in total. The van der Waals surface area contributed by atoms with Gasteiger partial charge in [-0.1, -0.05) is 6.07 Å². The Morgan fingerprint density at radius 1 is 1.00 bits per heavy atom. The van der Waals surface area contributed by atoms with Crippen LogP contribution in [0, 0.1) is 13.8 Å². The molecule has 5 heteroatoms. The van der Waals surface area contributed by atoms with Gasteiger partial charge in [-0.2, -0.15) is 0 Å². The molecule has 3 rings (SSSR count). The molecule has 5 nitrogen and oxygen atoms in total. The Labute approximate surface area is 123 Å². The zero-order chi connectivity index (χ0) is 14.7. The fraction of sp³-hybridized carbons (Fsp3) is 0.188. The maximum Gasteiger partial charge on any atom is 0.138 e. The van der Waals surface area contributed by atoms with Crippen molar-refractivity contribution < 1.29 is 0 Å². The average molecular weight is 279 g/mol. The first-order valence-electron chi connectivity index (χ1n) is 6.84. The smallest absolute Gasteiger partial charge is 0.138 e. The zero-order valence-electron chi connectivity index (χ0n) is 12.1. The first-order chi connectivity index (χ1) is 10.2. The van der Waals surface area contributed by atoms with E-state index in [1.165, 1.54) is 0 Å². The van der Waals surface area contributed by atoms with Crippen molar-refractivity contribution in [3.63, 3.8) is 0 Å². The lowest BCUT2D eigenvalue weighted by atomic mass is 10.2. The third kappa shape index (κ3) is 3.08. The summed E-state index contributed by atoms with van der Waals surface area (Å²) in [6, 6.07) is 8.08. The van der Waals surface area contributed by atoms with Gasteiger partial charge in [0.1, 0.15) is 11.6 Å². The largest absolute Gasteiger partial charge is 0.380 e. The van der Waals surface area contributed by atoms with Crippen molar-refractivity contribution in [1.82, 2.24) is 19.5 Å². The molecule has 0 spiro atoms. The molecule has 0 atom stereocenters. The third-order valence-electron chi connectivity index (χ3n) is 3.29. The molecule has 0 radical (unpaired) electrons. The number of aryl methyl sites for hydroxylation is 2. The van der Waals surface area contributed by atoms with Crippen LogP contribution in [0.4, 0.5) is 5.69 Å². The zero-order valence-corrected chi connectivity index (χ0v) is 12.1. The third-order valence-corrected chi connectivity index (χ3v) is 3.29. The first-order valence-corrected chi connectivity index (χ1v) is 6.84. The van der Waals surface area contributed by atoms with Crippen LogP contribution in [0.1, 0.15) is 17.1 Å². The van der Waals surface area contributed by atoms with Crippen molar-refractivity contribution in [2.24, 2.45) is 0 Å². The van der Waals surface area contributed by atoms with Gasteiger partial charge in [-0.15, -0.1) is 0 Å². The molecular formula is C16H17N5. The van der Waals surface area contributed by atoms with Gasteiger partial charge in [0.05, 0.1) is 11.9 Å². The van der Waals surface area contributed by atoms with E-state index in [1.54, 1.807) is 6.20 Å². The number of hydrogen-bond acceptors (Lipinski definition) is 4. The van der Waals surface area contributed by atoms with Crippen LogP contribution < -0.4 is 5.32 Å². The number of hydrogen-bond donors (Lipinski definition) is 1. The lowest BCUT2D eigenvalue weighted by molar-refractivity contribution is 0.932. The lowest BCUT2D eigenvalue weighted by Gasteiger charge is -2.08. The van der Waals surface area contributed by atoms with E-state index in [9.17, 15) is 0 Å².